The SMILES string of the molecule is Cc1ccccc1C(C)Nc1ccc(N)c(C(N)=O)c1. The minimum absolute atomic E-state index is 0.126. The highest BCUT2D eigenvalue weighted by atomic mass is 16.1. The number of rotatable bonds is 4. The Hall–Kier alpha value is -2.49. The summed E-state index contributed by atoms with van der Waals surface area (Å²) in [4.78, 5) is 11.3. The van der Waals surface area contributed by atoms with Crippen LogP contribution in [0.5, 0.6) is 0 Å². The van der Waals surface area contributed by atoms with Crippen LogP contribution >= 0.6 is 0 Å². The van der Waals surface area contributed by atoms with Crippen LogP contribution in [-0.2, 0) is 0 Å². The number of primary amides is 1. The number of benzene rings is 2. The molecular formula is C16H19N3O. The number of hydrogen-bond donors (Lipinski definition) is 3. The fourth-order valence-corrected chi connectivity index (χ4v) is 2.26. The van der Waals surface area contributed by atoms with Gasteiger partial charge in [-0.3, -0.25) is 4.79 Å². The van der Waals surface area contributed by atoms with E-state index >= 15 is 0 Å². The van der Waals surface area contributed by atoms with E-state index in [1.807, 2.05) is 18.2 Å². The maximum absolute atomic E-state index is 11.3. The molecule has 104 valence electrons. The Morgan fingerprint density at radius 3 is 2.55 bits per heavy atom. The standard InChI is InChI=1S/C16H19N3O/c1-10-5-3-4-6-13(10)11(2)19-12-7-8-15(17)14(9-12)16(18)20/h3-9,11,19H,17H2,1-2H3,(H2,18,20). The first-order valence-electron chi connectivity index (χ1n) is 6.50. The fourth-order valence-electron chi connectivity index (χ4n) is 2.26. The number of nitrogens with one attached hydrogen (secondary N) is 1. The molecule has 0 aromatic heterocycles. The molecule has 2 aromatic carbocycles. The Balaban J connectivity index is 2.24. The predicted octanol–water partition coefficient (Wildman–Crippen LogP) is 2.85. The van der Waals surface area contributed by atoms with Crippen molar-refractivity contribution in [3.63, 3.8) is 0 Å². The second-order valence-corrected chi connectivity index (χ2v) is 4.89. The summed E-state index contributed by atoms with van der Waals surface area (Å²) in [5, 5.41) is 3.36. The van der Waals surface area contributed by atoms with E-state index in [1.165, 1.54) is 11.1 Å². The maximum atomic E-state index is 11.3. The summed E-state index contributed by atoms with van der Waals surface area (Å²) < 4.78 is 0. The van der Waals surface area contributed by atoms with Gasteiger partial charge in [-0.15, -0.1) is 0 Å². The molecule has 4 nitrogen and oxygen atoms in total. The van der Waals surface area contributed by atoms with E-state index in [9.17, 15) is 4.79 Å². The van der Waals surface area contributed by atoms with Crippen molar-refractivity contribution in [3.05, 3.63) is 59.2 Å². The maximum Gasteiger partial charge on any atom is 0.250 e. The van der Waals surface area contributed by atoms with Crippen molar-refractivity contribution in [2.75, 3.05) is 11.1 Å². The molecule has 1 amide bonds. The average Bonchev–Trinajstić information content (AvgIpc) is 2.41. The van der Waals surface area contributed by atoms with E-state index in [1.54, 1.807) is 12.1 Å². The van der Waals surface area contributed by atoms with Crippen molar-refractivity contribution in [2.45, 2.75) is 19.9 Å². The second-order valence-electron chi connectivity index (χ2n) is 4.89. The third kappa shape index (κ3) is 2.91. The lowest BCUT2D eigenvalue weighted by Crippen LogP contribution is -2.15. The molecule has 0 heterocycles. The van der Waals surface area contributed by atoms with Gasteiger partial charge >= 0.3 is 0 Å². The minimum Gasteiger partial charge on any atom is -0.398 e. The number of carbonyl (C=O) groups excluding carboxylic acids is 1. The summed E-state index contributed by atoms with van der Waals surface area (Å²) in [7, 11) is 0. The Labute approximate surface area is 118 Å². The van der Waals surface area contributed by atoms with Crippen LogP contribution < -0.4 is 16.8 Å². The number of carbonyl (C=O) groups is 1. The molecule has 0 saturated carbocycles. The summed E-state index contributed by atoms with van der Waals surface area (Å²) in [6.07, 6.45) is 0. The van der Waals surface area contributed by atoms with Gasteiger partial charge in [0.05, 0.1) is 5.56 Å². The quantitative estimate of drug-likeness (QED) is 0.746. The normalized spacial score (nSPS) is 11.9. The van der Waals surface area contributed by atoms with E-state index in [0.29, 0.717) is 11.3 Å². The van der Waals surface area contributed by atoms with Crippen molar-refractivity contribution >= 4 is 17.3 Å². The Kier molecular flexibility index (Phi) is 3.94. The highest BCUT2D eigenvalue weighted by Crippen LogP contribution is 2.24. The van der Waals surface area contributed by atoms with Gasteiger partial charge in [-0.1, -0.05) is 24.3 Å². The molecule has 0 spiro atoms. The van der Waals surface area contributed by atoms with Gasteiger partial charge in [-0.05, 0) is 43.2 Å². The monoisotopic (exact) mass is 269 g/mol. The van der Waals surface area contributed by atoms with Crippen molar-refractivity contribution in [1.82, 2.24) is 0 Å². The number of anilines is 2. The molecule has 1 atom stereocenters. The van der Waals surface area contributed by atoms with E-state index in [0.717, 1.165) is 5.69 Å². The first-order chi connectivity index (χ1) is 9.49. The summed E-state index contributed by atoms with van der Waals surface area (Å²) in [5.74, 6) is -0.519. The van der Waals surface area contributed by atoms with E-state index < -0.39 is 5.91 Å². The highest BCUT2D eigenvalue weighted by molar-refractivity contribution is 5.98. The summed E-state index contributed by atoms with van der Waals surface area (Å²) in [5.41, 5.74) is 15.0. The van der Waals surface area contributed by atoms with E-state index in [2.05, 4.69) is 31.3 Å². The predicted molar refractivity (Wildman–Crippen MR) is 82.6 cm³/mol. The molecule has 0 bridgehead atoms. The van der Waals surface area contributed by atoms with E-state index in [-0.39, 0.29) is 6.04 Å². The third-order valence-corrected chi connectivity index (χ3v) is 3.36. The van der Waals surface area contributed by atoms with Crippen molar-refractivity contribution in [2.24, 2.45) is 5.73 Å². The van der Waals surface area contributed by atoms with Gasteiger partial charge in [-0.2, -0.15) is 0 Å². The second kappa shape index (κ2) is 5.65. The Morgan fingerprint density at radius 2 is 1.90 bits per heavy atom. The highest BCUT2D eigenvalue weighted by Gasteiger charge is 2.10. The largest absolute Gasteiger partial charge is 0.398 e. The number of nitrogen functional groups attached to an aromatic ring is 1. The number of hydrogen-bond acceptors (Lipinski definition) is 3. The van der Waals surface area contributed by atoms with Crippen LogP contribution in [0.25, 0.3) is 0 Å². The molecule has 1 unspecified atom stereocenters. The van der Waals surface area contributed by atoms with Gasteiger partial charge in [0.2, 0.25) is 0 Å². The van der Waals surface area contributed by atoms with Gasteiger partial charge in [-0.25, -0.2) is 0 Å². The van der Waals surface area contributed by atoms with Crippen molar-refractivity contribution in [1.29, 1.82) is 0 Å². The molecule has 0 aliphatic heterocycles. The van der Waals surface area contributed by atoms with Gasteiger partial charge in [0.25, 0.3) is 5.91 Å². The van der Waals surface area contributed by atoms with Crippen LogP contribution in [0.4, 0.5) is 11.4 Å². The molecule has 4 heteroatoms. The van der Waals surface area contributed by atoms with E-state index in [4.69, 9.17) is 11.5 Å². The Bertz CT molecular complexity index is 637. The smallest absolute Gasteiger partial charge is 0.250 e. The van der Waals surface area contributed by atoms with Crippen molar-refractivity contribution < 1.29 is 4.79 Å². The van der Waals surface area contributed by atoms with Crippen LogP contribution in [0, 0.1) is 6.92 Å². The average molecular weight is 269 g/mol. The summed E-state index contributed by atoms with van der Waals surface area (Å²) in [6.45, 7) is 4.15. The van der Waals surface area contributed by atoms with Crippen LogP contribution in [-0.4, -0.2) is 5.91 Å². The summed E-state index contributed by atoms with van der Waals surface area (Å²) >= 11 is 0. The molecule has 0 fully saturated rings. The molecule has 2 aromatic rings. The lowest BCUT2D eigenvalue weighted by atomic mass is 10.0. The lowest BCUT2D eigenvalue weighted by molar-refractivity contribution is 0.100. The third-order valence-electron chi connectivity index (χ3n) is 3.36. The van der Waals surface area contributed by atoms with Crippen LogP contribution in [0.1, 0.15) is 34.5 Å². The Morgan fingerprint density at radius 1 is 1.20 bits per heavy atom. The molecule has 0 radical (unpaired) electrons. The molecule has 0 aliphatic rings. The number of nitrogens with two attached hydrogens (primary N) is 2. The fraction of sp³-hybridized carbons (Fsp3) is 0.188. The zero-order valence-electron chi connectivity index (χ0n) is 11.7. The first kappa shape index (κ1) is 13.9. The molecule has 0 saturated heterocycles. The molecular weight excluding hydrogens is 250 g/mol. The number of amides is 1. The van der Waals surface area contributed by atoms with Crippen LogP contribution in [0.15, 0.2) is 42.5 Å². The van der Waals surface area contributed by atoms with Crippen molar-refractivity contribution in [3.8, 4) is 0 Å². The molecule has 2 rings (SSSR count). The minimum atomic E-state index is -0.519. The van der Waals surface area contributed by atoms with Gasteiger partial charge in [0.15, 0.2) is 0 Å². The van der Waals surface area contributed by atoms with Gasteiger partial charge in [0, 0.05) is 17.4 Å². The zero-order chi connectivity index (χ0) is 14.7. The topological polar surface area (TPSA) is 81.1 Å². The van der Waals surface area contributed by atoms with Gasteiger partial charge < -0.3 is 16.8 Å². The lowest BCUT2D eigenvalue weighted by Gasteiger charge is -2.18. The van der Waals surface area contributed by atoms with Gasteiger partial charge in [0.1, 0.15) is 0 Å². The molecule has 0 aliphatic carbocycles. The van der Waals surface area contributed by atoms with Crippen LogP contribution in [0.2, 0.25) is 0 Å². The number of aryl methyl sites for hydroxylation is 1. The molecule has 5 N–H and O–H groups in total. The van der Waals surface area contributed by atoms with Crippen LogP contribution in [0.3, 0.4) is 0 Å². The zero-order valence-corrected chi connectivity index (χ0v) is 11.7. The molecule has 20 heavy (non-hydrogen) atoms. The first-order valence-corrected chi connectivity index (χ1v) is 6.50. The summed E-state index contributed by atoms with van der Waals surface area (Å²) in [6, 6.07) is 13.5.